The Balaban J connectivity index is 1.90. The Labute approximate surface area is 183 Å². The maximum Gasteiger partial charge on any atom is 0.435 e. The third-order valence-corrected chi connectivity index (χ3v) is 4.93. The van der Waals surface area contributed by atoms with Gasteiger partial charge in [0.15, 0.2) is 5.69 Å². The summed E-state index contributed by atoms with van der Waals surface area (Å²) in [5.74, 6) is 0. The summed E-state index contributed by atoms with van der Waals surface area (Å²) in [4.78, 5) is 18.1. The summed E-state index contributed by atoms with van der Waals surface area (Å²) >= 11 is 6.08. The Bertz CT molecular complexity index is 955. The first-order chi connectivity index (χ1) is 14.3. The molecule has 0 radical (unpaired) electrons. The number of alkyl carbamates (subject to hydrolysis) is 1. The van der Waals surface area contributed by atoms with Gasteiger partial charge in [0.1, 0.15) is 10.8 Å². The van der Waals surface area contributed by atoms with Crippen LogP contribution in [0.3, 0.4) is 0 Å². The van der Waals surface area contributed by atoms with Crippen LogP contribution in [0.4, 0.5) is 23.7 Å². The lowest BCUT2D eigenvalue weighted by atomic mass is 10.0. The van der Waals surface area contributed by atoms with Crippen molar-refractivity contribution in [3.8, 4) is 11.1 Å². The lowest BCUT2D eigenvalue weighted by Crippen LogP contribution is -2.49. The summed E-state index contributed by atoms with van der Waals surface area (Å²) in [5.41, 5.74) is -0.896. The summed E-state index contributed by atoms with van der Waals surface area (Å²) in [5, 5.41) is 6.60. The number of alkyl halides is 3. The van der Waals surface area contributed by atoms with Crippen LogP contribution in [-0.2, 0) is 18.0 Å². The van der Waals surface area contributed by atoms with Crippen molar-refractivity contribution in [2.24, 2.45) is 7.05 Å². The third kappa shape index (κ3) is 5.81. The van der Waals surface area contributed by atoms with E-state index in [1.807, 2.05) is 4.90 Å². The number of nitrogens with one attached hydrogen (secondary N) is 1. The van der Waals surface area contributed by atoms with Gasteiger partial charge in [-0.3, -0.25) is 4.68 Å². The Hall–Kier alpha value is -2.49. The van der Waals surface area contributed by atoms with Gasteiger partial charge < -0.3 is 15.0 Å². The largest absolute Gasteiger partial charge is 0.444 e. The summed E-state index contributed by atoms with van der Waals surface area (Å²) in [6.45, 7) is 6.32. The second-order valence-electron chi connectivity index (χ2n) is 8.52. The molecule has 0 unspecified atom stereocenters. The number of hydrogen-bond donors (Lipinski definition) is 1. The molecule has 1 amide bonds. The number of amides is 1. The molecule has 7 nitrogen and oxygen atoms in total. The first kappa shape index (κ1) is 23.2. The van der Waals surface area contributed by atoms with Gasteiger partial charge in [0.2, 0.25) is 0 Å². The molecule has 3 heterocycles. The Morgan fingerprint density at radius 1 is 1.29 bits per heavy atom. The molecule has 31 heavy (non-hydrogen) atoms. The lowest BCUT2D eigenvalue weighted by Gasteiger charge is -2.36. The van der Waals surface area contributed by atoms with Gasteiger partial charge in [-0.2, -0.15) is 18.3 Å². The molecule has 0 saturated carbocycles. The highest BCUT2D eigenvalue weighted by molar-refractivity contribution is 6.29. The zero-order valence-electron chi connectivity index (χ0n) is 17.8. The molecule has 0 spiro atoms. The molecule has 1 aliphatic rings. The SMILES string of the molecule is Cn1cc(-c2cnc(Cl)cc2N2CCC[C@H](NC(=O)OC(C)(C)C)C2)c(C(F)(F)F)n1. The van der Waals surface area contributed by atoms with Crippen LogP contribution >= 0.6 is 11.6 Å². The number of carbonyl (C=O) groups excluding carboxylic acids is 1. The molecule has 1 atom stereocenters. The molecule has 2 aromatic rings. The standard InChI is InChI=1S/C20H25ClF3N5O2/c1-19(2,3)31-18(30)26-12-6-5-7-29(10-12)15-8-16(21)25-9-13(15)14-11-28(4)27-17(14)20(22,23)24/h8-9,11-12H,5-7,10H2,1-4H3,(H,26,30)/t12-/m0/s1. The molecule has 1 fully saturated rings. The maximum atomic E-state index is 13.5. The first-order valence-electron chi connectivity index (χ1n) is 9.85. The number of aromatic nitrogens is 3. The second kappa shape index (κ2) is 8.57. The quantitative estimate of drug-likeness (QED) is 0.676. The molecular formula is C20H25ClF3N5O2. The van der Waals surface area contributed by atoms with Crippen molar-refractivity contribution < 1.29 is 22.7 Å². The van der Waals surface area contributed by atoms with E-state index < -0.39 is 23.6 Å². The molecule has 0 bridgehead atoms. The lowest BCUT2D eigenvalue weighted by molar-refractivity contribution is -0.140. The highest BCUT2D eigenvalue weighted by atomic mass is 35.5. The van der Waals surface area contributed by atoms with E-state index in [1.54, 1.807) is 26.8 Å². The molecule has 0 aromatic carbocycles. The molecule has 170 valence electrons. The summed E-state index contributed by atoms with van der Waals surface area (Å²) < 4.78 is 47.1. The molecule has 1 N–H and O–H groups in total. The van der Waals surface area contributed by atoms with Crippen LogP contribution in [-0.4, -0.2) is 45.6 Å². The van der Waals surface area contributed by atoms with E-state index >= 15 is 0 Å². The molecule has 0 aliphatic carbocycles. The fourth-order valence-electron chi connectivity index (χ4n) is 3.57. The molecule has 11 heteroatoms. The number of halogens is 4. The van der Waals surface area contributed by atoms with Crippen molar-refractivity contribution >= 4 is 23.4 Å². The topological polar surface area (TPSA) is 72.3 Å². The summed E-state index contributed by atoms with van der Waals surface area (Å²) in [6.07, 6.45) is -1.04. The van der Waals surface area contributed by atoms with Crippen LogP contribution in [0.2, 0.25) is 5.15 Å². The van der Waals surface area contributed by atoms with E-state index in [1.165, 1.54) is 19.4 Å². The average molecular weight is 460 g/mol. The van der Waals surface area contributed by atoms with Gasteiger partial charge in [-0.1, -0.05) is 11.6 Å². The van der Waals surface area contributed by atoms with Crippen molar-refractivity contribution in [3.63, 3.8) is 0 Å². The predicted octanol–water partition coefficient (Wildman–Crippen LogP) is 4.65. The van der Waals surface area contributed by atoms with Gasteiger partial charge >= 0.3 is 12.3 Å². The van der Waals surface area contributed by atoms with Crippen molar-refractivity contribution in [1.29, 1.82) is 0 Å². The molecular weight excluding hydrogens is 435 g/mol. The number of nitrogens with zero attached hydrogens (tertiary/aromatic N) is 4. The van der Waals surface area contributed by atoms with E-state index in [0.29, 0.717) is 18.8 Å². The number of rotatable bonds is 3. The van der Waals surface area contributed by atoms with Gasteiger partial charge in [0.05, 0.1) is 0 Å². The second-order valence-corrected chi connectivity index (χ2v) is 8.91. The summed E-state index contributed by atoms with van der Waals surface area (Å²) in [6, 6.07) is 1.32. The number of pyridine rings is 1. The van der Waals surface area contributed by atoms with E-state index in [4.69, 9.17) is 16.3 Å². The van der Waals surface area contributed by atoms with Gasteiger partial charge in [-0.15, -0.1) is 0 Å². The normalized spacial score (nSPS) is 17.5. The molecule has 2 aromatic heterocycles. The van der Waals surface area contributed by atoms with Crippen LogP contribution < -0.4 is 10.2 Å². The van der Waals surface area contributed by atoms with Gasteiger partial charge in [-0.25, -0.2) is 9.78 Å². The molecule has 1 aliphatic heterocycles. The minimum atomic E-state index is -4.61. The van der Waals surface area contributed by atoms with E-state index in [2.05, 4.69) is 15.4 Å². The van der Waals surface area contributed by atoms with Crippen LogP contribution in [0.1, 0.15) is 39.3 Å². The van der Waals surface area contributed by atoms with Crippen molar-refractivity contribution in [2.45, 2.75) is 51.4 Å². The number of piperidine rings is 1. The number of carbonyl (C=O) groups is 1. The highest BCUT2D eigenvalue weighted by Gasteiger charge is 2.38. The van der Waals surface area contributed by atoms with Crippen LogP contribution in [0, 0.1) is 0 Å². The van der Waals surface area contributed by atoms with Crippen LogP contribution in [0.15, 0.2) is 18.5 Å². The molecule has 3 rings (SSSR count). The van der Waals surface area contributed by atoms with Crippen molar-refractivity contribution in [3.05, 3.63) is 29.3 Å². The Kier molecular flexibility index (Phi) is 6.40. The number of anilines is 1. The van der Waals surface area contributed by atoms with Crippen LogP contribution in [0.5, 0.6) is 0 Å². The Morgan fingerprint density at radius 3 is 2.65 bits per heavy atom. The van der Waals surface area contributed by atoms with Crippen molar-refractivity contribution in [1.82, 2.24) is 20.1 Å². The average Bonchev–Trinajstić information content (AvgIpc) is 3.02. The van der Waals surface area contributed by atoms with E-state index in [-0.39, 0.29) is 22.3 Å². The van der Waals surface area contributed by atoms with Crippen LogP contribution in [0.25, 0.3) is 11.1 Å². The maximum absolute atomic E-state index is 13.5. The number of hydrogen-bond acceptors (Lipinski definition) is 5. The fourth-order valence-corrected chi connectivity index (χ4v) is 3.72. The number of aryl methyl sites for hydroxylation is 1. The third-order valence-electron chi connectivity index (χ3n) is 4.72. The van der Waals surface area contributed by atoms with Gasteiger partial charge in [0.25, 0.3) is 0 Å². The van der Waals surface area contributed by atoms with Gasteiger partial charge in [-0.05, 0) is 39.7 Å². The minimum absolute atomic E-state index is 0.0728. The summed E-state index contributed by atoms with van der Waals surface area (Å²) in [7, 11) is 1.43. The number of ether oxygens (including phenoxy) is 1. The van der Waals surface area contributed by atoms with E-state index in [9.17, 15) is 18.0 Å². The predicted molar refractivity (Wildman–Crippen MR) is 111 cm³/mol. The van der Waals surface area contributed by atoms with Gasteiger partial charge in [0, 0.05) is 55.4 Å². The van der Waals surface area contributed by atoms with Crippen molar-refractivity contribution in [2.75, 3.05) is 18.0 Å². The van der Waals surface area contributed by atoms with E-state index in [0.717, 1.165) is 17.5 Å². The molecule has 1 saturated heterocycles. The minimum Gasteiger partial charge on any atom is -0.444 e. The first-order valence-corrected chi connectivity index (χ1v) is 10.2. The monoisotopic (exact) mass is 459 g/mol. The zero-order chi connectivity index (χ0) is 23.0. The zero-order valence-corrected chi connectivity index (χ0v) is 18.5. The smallest absolute Gasteiger partial charge is 0.435 e. The highest BCUT2D eigenvalue weighted by Crippen LogP contribution is 2.40. The Morgan fingerprint density at radius 2 is 2.00 bits per heavy atom. The fraction of sp³-hybridized carbons (Fsp3) is 0.550.